The molecule has 1 aromatic heterocycles. The first-order valence-electron chi connectivity index (χ1n) is 8.11. The molecule has 1 fully saturated rings. The lowest BCUT2D eigenvalue weighted by atomic mass is 10.2. The zero-order valence-electron chi connectivity index (χ0n) is 14.9. The third kappa shape index (κ3) is 3.90. The fraction of sp³-hybridized carbons (Fsp3) is 0.438. The van der Waals surface area contributed by atoms with E-state index in [2.05, 4.69) is 25.7 Å². The van der Waals surface area contributed by atoms with Crippen LogP contribution in [0.15, 0.2) is 12.1 Å². The van der Waals surface area contributed by atoms with Crippen LogP contribution in [0.1, 0.15) is 12.8 Å². The van der Waals surface area contributed by atoms with Gasteiger partial charge < -0.3 is 24.4 Å². The highest BCUT2D eigenvalue weighted by molar-refractivity contribution is 7.19. The standard InChI is InChI=1S/C16H21N5O4S/c1-23-11-8-10(9-12(24-2)13(11)25-3)17-14(22)18-15-19-20-16(26-15)21-6-4-5-7-21/h8-9H,4-7H2,1-3H3,(H2,17,18,19,22). The average molecular weight is 379 g/mol. The van der Waals surface area contributed by atoms with E-state index in [4.69, 9.17) is 14.2 Å². The molecule has 0 spiro atoms. The second-order valence-corrected chi connectivity index (χ2v) is 6.53. The number of ether oxygens (including phenoxy) is 3. The van der Waals surface area contributed by atoms with Crippen LogP contribution < -0.4 is 29.7 Å². The monoisotopic (exact) mass is 379 g/mol. The largest absolute Gasteiger partial charge is 0.493 e. The van der Waals surface area contributed by atoms with Gasteiger partial charge >= 0.3 is 6.03 Å². The molecule has 1 aliphatic rings. The van der Waals surface area contributed by atoms with Crippen LogP contribution in [-0.4, -0.2) is 50.6 Å². The molecule has 9 nitrogen and oxygen atoms in total. The molecule has 0 aliphatic carbocycles. The van der Waals surface area contributed by atoms with Crippen molar-refractivity contribution in [1.29, 1.82) is 0 Å². The fourth-order valence-corrected chi connectivity index (χ4v) is 3.51. The fourth-order valence-electron chi connectivity index (χ4n) is 2.71. The molecular formula is C16H21N5O4S. The SMILES string of the molecule is COc1cc(NC(=O)Nc2nnc(N3CCCC3)s2)cc(OC)c1OC. The molecule has 1 saturated heterocycles. The Morgan fingerprint density at radius 2 is 1.69 bits per heavy atom. The molecule has 140 valence electrons. The maximum atomic E-state index is 12.3. The van der Waals surface area contributed by atoms with Crippen LogP contribution in [0, 0.1) is 0 Å². The summed E-state index contributed by atoms with van der Waals surface area (Å²) < 4.78 is 15.8. The molecule has 2 aromatic rings. The molecule has 2 amide bonds. The van der Waals surface area contributed by atoms with E-state index < -0.39 is 6.03 Å². The van der Waals surface area contributed by atoms with Crippen LogP contribution in [-0.2, 0) is 0 Å². The van der Waals surface area contributed by atoms with Crippen molar-refractivity contribution in [3.8, 4) is 17.2 Å². The molecule has 0 radical (unpaired) electrons. The van der Waals surface area contributed by atoms with Gasteiger partial charge in [0.1, 0.15) is 0 Å². The number of carbonyl (C=O) groups is 1. The van der Waals surface area contributed by atoms with Gasteiger partial charge in [-0.15, -0.1) is 10.2 Å². The molecule has 26 heavy (non-hydrogen) atoms. The van der Waals surface area contributed by atoms with Gasteiger partial charge in [-0.3, -0.25) is 5.32 Å². The van der Waals surface area contributed by atoms with E-state index in [0.717, 1.165) is 31.1 Å². The lowest BCUT2D eigenvalue weighted by Gasteiger charge is -2.14. The smallest absolute Gasteiger partial charge is 0.325 e. The van der Waals surface area contributed by atoms with E-state index in [1.165, 1.54) is 32.7 Å². The van der Waals surface area contributed by atoms with E-state index in [0.29, 0.717) is 28.1 Å². The number of urea groups is 1. The molecule has 0 bridgehead atoms. The quantitative estimate of drug-likeness (QED) is 0.796. The van der Waals surface area contributed by atoms with Crippen molar-refractivity contribution in [2.75, 3.05) is 50.0 Å². The van der Waals surface area contributed by atoms with Crippen molar-refractivity contribution in [2.45, 2.75) is 12.8 Å². The number of nitrogens with one attached hydrogen (secondary N) is 2. The van der Waals surface area contributed by atoms with Crippen LogP contribution in [0.5, 0.6) is 17.2 Å². The summed E-state index contributed by atoms with van der Waals surface area (Å²) in [4.78, 5) is 14.4. The Bertz CT molecular complexity index is 751. The summed E-state index contributed by atoms with van der Waals surface area (Å²) in [6.45, 7) is 1.96. The van der Waals surface area contributed by atoms with Crippen molar-refractivity contribution < 1.29 is 19.0 Å². The van der Waals surface area contributed by atoms with Gasteiger partial charge in [-0.05, 0) is 12.8 Å². The highest BCUT2D eigenvalue weighted by Crippen LogP contribution is 2.40. The molecule has 10 heteroatoms. The molecule has 0 unspecified atom stereocenters. The first kappa shape index (κ1) is 18.1. The number of hydrogen-bond acceptors (Lipinski definition) is 8. The molecule has 2 N–H and O–H groups in total. The minimum absolute atomic E-state index is 0.427. The van der Waals surface area contributed by atoms with Crippen molar-refractivity contribution in [3.63, 3.8) is 0 Å². The third-order valence-electron chi connectivity index (χ3n) is 3.93. The molecule has 2 heterocycles. The van der Waals surface area contributed by atoms with E-state index in [1.807, 2.05) is 0 Å². The van der Waals surface area contributed by atoms with E-state index in [9.17, 15) is 4.79 Å². The number of aromatic nitrogens is 2. The number of carbonyl (C=O) groups excluding carboxylic acids is 1. The number of hydrogen-bond donors (Lipinski definition) is 2. The summed E-state index contributed by atoms with van der Waals surface area (Å²) in [6, 6.07) is 2.87. The average Bonchev–Trinajstić information content (AvgIpc) is 3.32. The molecule has 0 saturated carbocycles. The second kappa shape index (κ2) is 8.09. The summed E-state index contributed by atoms with van der Waals surface area (Å²) in [5, 5.41) is 14.8. The maximum Gasteiger partial charge on any atom is 0.325 e. The first-order chi connectivity index (χ1) is 12.6. The first-order valence-corrected chi connectivity index (χ1v) is 8.92. The molecule has 0 atom stereocenters. The lowest BCUT2D eigenvalue weighted by Crippen LogP contribution is -2.19. The predicted octanol–water partition coefficient (Wildman–Crippen LogP) is 2.81. The summed E-state index contributed by atoms with van der Waals surface area (Å²) in [6.07, 6.45) is 2.31. The highest BCUT2D eigenvalue weighted by atomic mass is 32.1. The van der Waals surface area contributed by atoms with Crippen LogP contribution >= 0.6 is 11.3 Å². The summed E-state index contributed by atoms with van der Waals surface area (Å²) in [5.74, 6) is 1.36. The third-order valence-corrected chi connectivity index (χ3v) is 4.83. The van der Waals surface area contributed by atoms with Gasteiger partial charge in [0.2, 0.25) is 16.0 Å². The Morgan fingerprint density at radius 3 is 2.27 bits per heavy atom. The van der Waals surface area contributed by atoms with Gasteiger partial charge in [-0.2, -0.15) is 0 Å². The van der Waals surface area contributed by atoms with E-state index in [1.54, 1.807) is 12.1 Å². The van der Waals surface area contributed by atoms with Crippen LogP contribution in [0.25, 0.3) is 0 Å². The van der Waals surface area contributed by atoms with Crippen LogP contribution in [0.3, 0.4) is 0 Å². The molecule has 1 aromatic carbocycles. The lowest BCUT2D eigenvalue weighted by molar-refractivity contribution is 0.262. The normalized spacial score (nSPS) is 13.4. The number of amides is 2. The second-order valence-electron chi connectivity index (χ2n) is 5.58. The Kier molecular flexibility index (Phi) is 5.61. The Balaban J connectivity index is 1.68. The zero-order chi connectivity index (χ0) is 18.5. The number of methoxy groups -OCH3 is 3. The molecule has 1 aliphatic heterocycles. The maximum absolute atomic E-state index is 12.3. The van der Waals surface area contributed by atoms with Crippen LogP contribution in [0.2, 0.25) is 0 Å². The summed E-state index contributed by atoms with van der Waals surface area (Å²) in [7, 11) is 4.55. The predicted molar refractivity (Wildman–Crippen MR) is 100 cm³/mol. The highest BCUT2D eigenvalue weighted by Gasteiger charge is 2.18. The van der Waals surface area contributed by atoms with Gasteiger partial charge in [0, 0.05) is 25.2 Å². The van der Waals surface area contributed by atoms with E-state index in [-0.39, 0.29) is 0 Å². The topological polar surface area (TPSA) is 97.8 Å². The minimum Gasteiger partial charge on any atom is -0.493 e. The van der Waals surface area contributed by atoms with Gasteiger partial charge in [0.25, 0.3) is 0 Å². The molecule has 3 rings (SSSR count). The van der Waals surface area contributed by atoms with Crippen molar-refractivity contribution in [1.82, 2.24) is 10.2 Å². The summed E-state index contributed by atoms with van der Waals surface area (Å²) >= 11 is 1.35. The van der Waals surface area contributed by atoms with Crippen molar-refractivity contribution >= 4 is 33.3 Å². The van der Waals surface area contributed by atoms with E-state index >= 15 is 0 Å². The Hall–Kier alpha value is -2.75. The van der Waals surface area contributed by atoms with Gasteiger partial charge in [-0.1, -0.05) is 11.3 Å². The minimum atomic E-state index is -0.427. The number of rotatable bonds is 6. The van der Waals surface area contributed by atoms with Gasteiger partial charge in [0.05, 0.1) is 27.0 Å². The molecular weight excluding hydrogens is 358 g/mol. The summed E-state index contributed by atoms with van der Waals surface area (Å²) in [5.41, 5.74) is 0.501. The Morgan fingerprint density at radius 1 is 1.04 bits per heavy atom. The Labute approximate surface area is 155 Å². The number of benzene rings is 1. The van der Waals surface area contributed by atoms with Gasteiger partial charge in [-0.25, -0.2) is 4.79 Å². The van der Waals surface area contributed by atoms with Crippen molar-refractivity contribution in [2.24, 2.45) is 0 Å². The van der Waals surface area contributed by atoms with Crippen LogP contribution in [0.4, 0.5) is 20.7 Å². The number of anilines is 3. The van der Waals surface area contributed by atoms with Crippen molar-refractivity contribution in [3.05, 3.63) is 12.1 Å². The zero-order valence-corrected chi connectivity index (χ0v) is 15.7. The van der Waals surface area contributed by atoms with Gasteiger partial charge in [0.15, 0.2) is 11.5 Å². The number of nitrogens with zero attached hydrogens (tertiary/aromatic N) is 3.